The molecule has 0 aliphatic carbocycles. The first-order chi connectivity index (χ1) is 11.8. The molecule has 4 nitrogen and oxygen atoms in total. The van der Waals surface area contributed by atoms with Crippen LogP contribution in [-0.4, -0.2) is 11.4 Å². The monoisotopic (exact) mass is 316 g/mol. The van der Waals surface area contributed by atoms with E-state index in [1.807, 2.05) is 60.7 Å². The standard InChI is InChI=1S/C20H16N2O2/c23-13-21-15-6-8-17-18-9-7-16(11-20(18)22-19(17)10-15)24-12-14-4-2-1-3-5-14/h1-11,13,22H,12H2,(H,21,23). The van der Waals surface area contributed by atoms with Crippen molar-refractivity contribution in [2.45, 2.75) is 6.61 Å². The molecule has 0 aliphatic rings. The third kappa shape index (κ3) is 2.70. The Balaban J connectivity index is 1.64. The predicted octanol–water partition coefficient (Wildman–Crippen LogP) is 4.47. The van der Waals surface area contributed by atoms with Gasteiger partial charge in [-0.25, -0.2) is 0 Å². The zero-order chi connectivity index (χ0) is 16.4. The molecule has 0 saturated heterocycles. The van der Waals surface area contributed by atoms with Gasteiger partial charge in [0.15, 0.2) is 0 Å². The van der Waals surface area contributed by atoms with E-state index in [2.05, 4.69) is 16.4 Å². The summed E-state index contributed by atoms with van der Waals surface area (Å²) in [6.07, 6.45) is 0.680. The fraction of sp³-hybridized carbons (Fsp3) is 0.0500. The molecule has 0 fully saturated rings. The summed E-state index contributed by atoms with van der Waals surface area (Å²) in [6, 6.07) is 22.0. The number of H-pyrrole nitrogens is 1. The van der Waals surface area contributed by atoms with Crippen molar-refractivity contribution in [3.8, 4) is 5.75 Å². The molecule has 0 saturated carbocycles. The molecule has 24 heavy (non-hydrogen) atoms. The Morgan fingerprint density at radius 2 is 1.67 bits per heavy atom. The van der Waals surface area contributed by atoms with Crippen LogP contribution in [-0.2, 0) is 11.4 Å². The average molecular weight is 316 g/mol. The average Bonchev–Trinajstić information content (AvgIpc) is 2.98. The number of hydrogen-bond acceptors (Lipinski definition) is 2. The number of rotatable bonds is 5. The van der Waals surface area contributed by atoms with Crippen LogP contribution in [0.15, 0.2) is 66.7 Å². The van der Waals surface area contributed by atoms with Gasteiger partial charge in [0.1, 0.15) is 12.4 Å². The molecular weight excluding hydrogens is 300 g/mol. The summed E-state index contributed by atoms with van der Waals surface area (Å²) in [7, 11) is 0. The summed E-state index contributed by atoms with van der Waals surface area (Å²) in [5.41, 5.74) is 3.90. The lowest BCUT2D eigenvalue weighted by Crippen LogP contribution is -1.94. The molecule has 0 atom stereocenters. The maximum atomic E-state index is 10.6. The minimum absolute atomic E-state index is 0.542. The predicted molar refractivity (Wildman–Crippen MR) is 96.3 cm³/mol. The van der Waals surface area contributed by atoms with E-state index in [0.29, 0.717) is 13.0 Å². The highest BCUT2D eigenvalue weighted by Gasteiger charge is 2.06. The Kier molecular flexibility index (Phi) is 3.63. The highest BCUT2D eigenvalue weighted by atomic mass is 16.5. The molecule has 4 rings (SSSR count). The summed E-state index contributed by atoms with van der Waals surface area (Å²) in [5, 5.41) is 4.92. The first-order valence-electron chi connectivity index (χ1n) is 7.76. The molecule has 0 spiro atoms. The molecular formula is C20H16N2O2. The van der Waals surface area contributed by atoms with Gasteiger partial charge in [-0.15, -0.1) is 0 Å². The van der Waals surface area contributed by atoms with Crippen molar-refractivity contribution >= 4 is 33.9 Å². The van der Waals surface area contributed by atoms with Crippen LogP contribution in [0.2, 0.25) is 0 Å². The van der Waals surface area contributed by atoms with E-state index >= 15 is 0 Å². The van der Waals surface area contributed by atoms with E-state index in [-0.39, 0.29) is 0 Å². The van der Waals surface area contributed by atoms with Gasteiger partial charge in [0.25, 0.3) is 0 Å². The van der Waals surface area contributed by atoms with Crippen molar-refractivity contribution in [1.82, 2.24) is 4.98 Å². The largest absolute Gasteiger partial charge is 0.489 e. The van der Waals surface area contributed by atoms with Crippen LogP contribution >= 0.6 is 0 Å². The van der Waals surface area contributed by atoms with Gasteiger partial charge in [-0.2, -0.15) is 0 Å². The summed E-state index contributed by atoms with van der Waals surface area (Å²) in [6.45, 7) is 0.542. The van der Waals surface area contributed by atoms with Gasteiger partial charge in [0.05, 0.1) is 5.52 Å². The van der Waals surface area contributed by atoms with Crippen molar-refractivity contribution in [2.75, 3.05) is 5.32 Å². The second-order valence-corrected chi connectivity index (χ2v) is 5.63. The molecule has 0 unspecified atom stereocenters. The molecule has 0 radical (unpaired) electrons. The second kappa shape index (κ2) is 6.08. The SMILES string of the molecule is O=CNc1ccc2c(c1)[nH]c1cc(OCc3ccccc3)ccc12. The van der Waals surface area contributed by atoms with Crippen LogP contribution < -0.4 is 10.1 Å². The highest BCUT2D eigenvalue weighted by Crippen LogP contribution is 2.30. The van der Waals surface area contributed by atoms with Crippen LogP contribution in [0.25, 0.3) is 21.8 Å². The normalized spacial score (nSPS) is 10.8. The van der Waals surface area contributed by atoms with E-state index in [0.717, 1.165) is 38.8 Å². The number of carbonyl (C=O) groups excluding carboxylic acids is 1. The van der Waals surface area contributed by atoms with Crippen molar-refractivity contribution in [3.63, 3.8) is 0 Å². The molecule has 1 aromatic heterocycles. The van der Waals surface area contributed by atoms with Crippen molar-refractivity contribution < 1.29 is 9.53 Å². The van der Waals surface area contributed by atoms with Crippen molar-refractivity contribution in [3.05, 3.63) is 72.3 Å². The Morgan fingerprint density at radius 1 is 0.917 bits per heavy atom. The Morgan fingerprint density at radius 3 is 2.46 bits per heavy atom. The Bertz CT molecular complexity index is 1010. The minimum Gasteiger partial charge on any atom is -0.489 e. The number of hydrogen-bond donors (Lipinski definition) is 2. The van der Waals surface area contributed by atoms with Crippen molar-refractivity contribution in [1.29, 1.82) is 0 Å². The summed E-state index contributed by atoms with van der Waals surface area (Å²) >= 11 is 0. The van der Waals surface area contributed by atoms with Crippen LogP contribution in [0.5, 0.6) is 5.75 Å². The van der Waals surface area contributed by atoms with E-state index < -0.39 is 0 Å². The molecule has 0 aliphatic heterocycles. The second-order valence-electron chi connectivity index (χ2n) is 5.63. The van der Waals surface area contributed by atoms with Crippen LogP contribution in [0.3, 0.4) is 0 Å². The van der Waals surface area contributed by atoms with Gasteiger partial charge >= 0.3 is 0 Å². The quantitative estimate of drug-likeness (QED) is 0.534. The van der Waals surface area contributed by atoms with E-state index in [4.69, 9.17) is 4.74 Å². The van der Waals surface area contributed by atoms with Crippen LogP contribution in [0, 0.1) is 0 Å². The van der Waals surface area contributed by atoms with Crippen LogP contribution in [0.4, 0.5) is 5.69 Å². The lowest BCUT2D eigenvalue weighted by Gasteiger charge is -2.06. The first kappa shape index (κ1) is 14.3. The number of fused-ring (bicyclic) bond motifs is 3. The lowest BCUT2D eigenvalue weighted by atomic mass is 10.1. The van der Waals surface area contributed by atoms with E-state index in [9.17, 15) is 4.79 Å². The topological polar surface area (TPSA) is 54.1 Å². The molecule has 1 amide bonds. The van der Waals surface area contributed by atoms with Gasteiger partial charge in [0.2, 0.25) is 6.41 Å². The highest BCUT2D eigenvalue weighted by molar-refractivity contribution is 6.08. The zero-order valence-corrected chi connectivity index (χ0v) is 13.0. The molecule has 4 aromatic rings. The summed E-state index contributed by atoms with van der Waals surface area (Å²) in [4.78, 5) is 14.0. The number of amides is 1. The lowest BCUT2D eigenvalue weighted by molar-refractivity contribution is -0.105. The molecule has 0 bridgehead atoms. The minimum atomic E-state index is 0.542. The van der Waals surface area contributed by atoms with Crippen LogP contribution in [0.1, 0.15) is 5.56 Å². The van der Waals surface area contributed by atoms with Gasteiger partial charge in [-0.3, -0.25) is 4.79 Å². The number of carbonyl (C=O) groups is 1. The summed E-state index contributed by atoms with van der Waals surface area (Å²) < 4.78 is 5.88. The number of ether oxygens (including phenoxy) is 1. The maximum absolute atomic E-state index is 10.6. The van der Waals surface area contributed by atoms with E-state index in [1.54, 1.807) is 0 Å². The Hall–Kier alpha value is -3.27. The van der Waals surface area contributed by atoms with Gasteiger partial charge in [-0.05, 0) is 29.8 Å². The maximum Gasteiger partial charge on any atom is 0.211 e. The fourth-order valence-corrected chi connectivity index (χ4v) is 2.88. The zero-order valence-electron chi connectivity index (χ0n) is 13.0. The van der Waals surface area contributed by atoms with Crippen molar-refractivity contribution in [2.24, 2.45) is 0 Å². The number of aromatic amines is 1. The smallest absolute Gasteiger partial charge is 0.211 e. The third-order valence-corrected chi connectivity index (χ3v) is 4.04. The van der Waals surface area contributed by atoms with E-state index in [1.165, 1.54) is 0 Å². The fourth-order valence-electron chi connectivity index (χ4n) is 2.88. The van der Waals surface area contributed by atoms with Gasteiger partial charge in [0, 0.05) is 28.0 Å². The molecule has 4 heteroatoms. The number of aromatic nitrogens is 1. The summed E-state index contributed by atoms with van der Waals surface area (Å²) in [5.74, 6) is 0.823. The number of nitrogens with one attached hydrogen (secondary N) is 2. The number of anilines is 1. The molecule has 3 aromatic carbocycles. The Labute approximate surface area is 139 Å². The number of benzene rings is 3. The third-order valence-electron chi connectivity index (χ3n) is 4.04. The first-order valence-corrected chi connectivity index (χ1v) is 7.76. The molecule has 2 N–H and O–H groups in total. The molecule has 1 heterocycles. The van der Waals surface area contributed by atoms with Gasteiger partial charge < -0.3 is 15.0 Å². The van der Waals surface area contributed by atoms with Gasteiger partial charge in [-0.1, -0.05) is 36.4 Å². The molecule has 118 valence electrons.